The minimum absolute atomic E-state index is 0.0515. The monoisotopic (exact) mass is 398 g/mol. The molecule has 7 nitrogen and oxygen atoms in total. The van der Waals surface area contributed by atoms with Crippen molar-refractivity contribution in [1.82, 2.24) is 15.1 Å². The van der Waals surface area contributed by atoms with Crippen LogP contribution >= 0.6 is 0 Å². The van der Waals surface area contributed by atoms with Crippen molar-refractivity contribution >= 4 is 15.9 Å². The second-order valence-corrected chi connectivity index (χ2v) is 8.13. The molecule has 0 aliphatic heterocycles. The molecule has 1 amide bonds. The van der Waals surface area contributed by atoms with Gasteiger partial charge in [0.05, 0.1) is 16.3 Å². The molecule has 0 aliphatic rings. The lowest BCUT2D eigenvalue weighted by Crippen LogP contribution is -2.24. The van der Waals surface area contributed by atoms with Gasteiger partial charge in [-0.25, -0.2) is 18.2 Å². The fourth-order valence-electron chi connectivity index (χ4n) is 3.07. The standard InChI is InChI=1S/C20H22N4O3S/c1-13-9-10-16(11-19(13)28(21,26)27)20(25)22-12-18-14(2)23-24(15(18)3)17-7-5-4-6-8-17/h4-11H,12H2,1-3H3,(H,22,25)(H2,21,26,27). The fraction of sp³-hybridized carbons (Fsp3) is 0.200. The summed E-state index contributed by atoms with van der Waals surface area (Å²) in [6, 6.07) is 14.2. The molecule has 0 spiro atoms. The van der Waals surface area contributed by atoms with E-state index in [2.05, 4.69) is 10.4 Å². The third-order valence-corrected chi connectivity index (χ3v) is 5.68. The van der Waals surface area contributed by atoms with Gasteiger partial charge in [-0.05, 0) is 50.6 Å². The minimum Gasteiger partial charge on any atom is -0.348 e. The van der Waals surface area contributed by atoms with Crippen LogP contribution in [0.15, 0.2) is 53.4 Å². The molecule has 0 atom stereocenters. The molecule has 2 aromatic carbocycles. The first-order chi connectivity index (χ1) is 13.2. The summed E-state index contributed by atoms with van der Waals surface area (Å²) in [5.41, 5.74) is 4.33. The number of sulfonamides is 1. The number of nitrogens with zero attached hydrogens (tertiary/aromatic N) is 2. The van der Waals surface area contributed by atoms with Gasteiger partial charge in [-0.15, -0.1) is 0 Å². The highest BCUT2D eigenvalue weighted by Gasteiger charge is 2.17. The predicted molar refractivity (Wildman–Crippen MR) is 107 cm³/mol. The van der Waals surface area contributed by atoms with E-state index in [9.17, 15) is 13.2 Å². The third kappa shape index (κ3) is 3.97. The lowest BCUT2D eigenvalue weighted by molar-refractivity contribution is 0.0950. The summed E-state index contributed by atoms with van der Waals surface area (Å²) in [4.78, 5) is 12.5. The van der Waals surface area contributed by atoms with Gasteiger partial charge in [0.2, 0.25) is 10.0 Å². The molecule has 146 valence electrons. The largest absolute Gasteiger partial charge is 0.348 e. The molecule has 0 aliphatic carbocycles. The number of benzene rings is 2. The van der Waals surface area contributed by atoms with Crippen molar-refractivity contribution in [3.05, 3.63) is 76.6 Å². The molecule has 1 aromatic heterocycles. The summed E-state index contributed by atoms with van der Waals surface area (Å²) in [6.07, 6.45) is 0. The SMILES string of the molecule is Cc1ccc(C(=O)NCc2c(C)nn(-c3ccccc3)c2C)cc1S(N)(=O)=O. The molecule has 0 fully saturated rings. The van der Waals surface area contributed by atoms with Gasteiger partial charge in [0.1, 0.15) is 0 Å². The molecule has 0 bridgehead atoms. The Bertz CT molecular complexity index is 1140. The first kappa shape index (κ1) is 19.8. The van der Waals surface area contributed by atoms with Crippen LogP contribution in [0.3, 0.4) is 0 Å². The topological polar surface area (TPSA) is 107 Å². The molecule has 0 saturated heterocycles. The summed E-state index contributed by atoms with van der Waals surface area (Å²) in [7, 11) is -3.89. The van der Waals surface area contributed by atoms with Gasteiger partial charge in [0, 0.05) is 23.4 Å². The van der Waals surface area contributed by atoms with E-state index in [1.165, 1.54) is 6.07 Å². The smallest absolute Gasteiger partial charge is 0.251 e. The van der Waals surface area contributed by atoms with Crippen LogP contribution in [-0.4, -0.2) is 24.1 Å². The second kappa shape index (κ2) is 7.57. The Labute approximate surface area is 164 Å². The molecule has 1 heterocycles. The lowest BCUT2D eigenvalue weighted by Gasteiger charge is -2.09. The van der Waals surface area contributed by atoms with Crippen LogP contribution in [-0.2, 0) is 16.6 Å². The van der Waals surface area contributed by atoms with E-state index in [1.807, 2.05) is 48.9 Å². The van der Waals surface area contributed by atoms with Gasteiger partial charge in [0.25, 0.3) is 5.91 Å². The summed E-state index contributed by atoms with van der Waals surface area (Å²) in [5.74, 6) is -0.379. The number of nitrogens with one attached hydrogen (secondary N) is 1. The van der Waals surface area contributed by atoms with Gasteiger partial charge in [0.15, 0.2) is 0 Å². The number of amides is 1. The molecule has 3 N–H and O–H groups in total. The molecular weight excluding hydrogens is 376 g/mol. The van der Waals surface area contributed by atoms with Crippen LogP contribution in [0.25, 0.3) is 5.69 Å². The average Bonchev–Trinajstić information content (AvgIpc) is 2.94. The Morgan fingerprint density at radius 1 is 1.11 bits per heavy atom. The van der Waals surface area contributed by atoms with Gasteiger partial charge in [-0.3, -0.25) is 4.79 Å². The van der Waals surface area contributed by atoms with Crippen LogP contribution in [0.4, 0.5) is 0 Å². The Hall–Kier alpha value is -2.97. The zero-order valence-electron chi connectivity index (χ0n) is 15.9. The molecule has 8 heteroatoms. The Morgan fingerprint density at radius 3 is 2.43 bits per heavy atom. The number of aromatic nitrogens is 2. The number of rotatable bonds is 5. The Kier molecular flexibility index (Phi) is 5.35. The summed E-state index contributed by atoms with van der Waals surface area (Å²) < 4.78 is 25.2. The predicted octanol–water partition coefficient (Wildman–Crippen LogP) is 2.37. The number of hydrogen-bond acceptors (Lipinski definition) is 4. The summed E-state index contributed by atoms with van der Waals surface area (Å²) in [6.45, 7) is 5.74. The maximum atomic E-state index is 12.5. The number of primary sulfonamides is 1. The fourth-order valence-corrected chi connectivity index (χ4v) is 3.88. The van der Waals surface area contributed by atoms with E-state index in [-0.39, 0.29) is 22.9 Å². The Morgan fingerprint density at radius 2 is 1.79 bits per heavy atom. The van der Waals surface area contributed by atoms with E-state index in [4.69, 9.17) is 5.14 Å². The van der Waals surface area contributed by atoms with Crippen molar-refractivity contribution in [3.63, 3.8) is 0 Å². The zero-order valence-corrected chi connectivity index (χ0v) is 16.7. The van der Waals surface area contributed by atoms with E-state index < -0.39 is 10.0 Å². The molecule has 3 aromatic rings. The number of hydrogen-bond donors (Lipinski definition) is 2. The van der Waals surface area contributed by atoms with E-state index in [1.54, 1.807) is 19.1 Å². The van der Waals surface area contributed by atoms with E-state index in [0.717, 1.165) is 22.6 Å². The quantitative estimate of drug-likeness (QED) is 0.688. The number of para-hydroxylation sites is 1. The van der Waals surface area contributed by atoms with Gasteiger partial charge in [-0.2, -0.15) is 5.10 Å². The highest BCUT2D eigenvalue weighted by atomic mass is 32.2. The molecule has 0 radical (unpaired) electrons. The van der Waals surface area contributed by atoms with Crippen LogP contribution in [0, 0.1) is 20.8 Å². The molecule has 28 heavy (non-hydrogen) atoms. The van der Waals surface area contributed by atoms with Gasteiger partial charge >= 0.3 is 0 Å². The zero-order chi connectivity index (χ0) is 20.5. The maximum Gasteiger partial charge on any atom is 0.251 e. The van der Waals surface area contributed by atoms with Crippen molar-refractivity contribution in [1.29, 1.82) is 0 Å². The van der Waals surface area contributed by atoms with Crippen molar-refractivity contribution in [3.8, 4) is 5.69 Å². The Balaban J connectivity index is 1.82. The molecule has 0 unspecified atom stereocenters. The van der Waals surface area contributed by atoms with E-state index >= 15 is 0 Å². The van der Waals surface area contributed by atoms with E-state index in [0.29, 0.717) is 5.56 Å². The van der Waals surface area contributed by atoms with Crippen LogP contribution in [0.2, 0.25) is 0 Å². The van der Waals surface area contributed by atoms with Crippen molar-refractivity contribution in [2.24, 2.45) is 5.14 Å². The first-order valence-corrected chi connectivity index (χ1v) is 10.3. The van der Waals surface area contributed by atoms with Crippen LogP contribution < -0.4 is 10.5 Å². The lowest BCUT2D eigenvalue weighted by atomic mass is 10.1. The van der Waals surface area contributed by atoms with Gasteiger partial charge < -0.3 is 5.32 Å². The molecule has 0 saturated carbocycles. The summed E-state index contributed by atoms with van der Waals surface area (Å²) >= 11 is 0. The number of aryl methyl sites for hydroxylation is 2. The van der Waals surface area contributed by atoms with Crippen molar-refractivity contribution < 1.29 is 13.2 Å². The summed E-state index contributed by atoms with van der Waals surface area (Å²) in [5, 5.41) is 12.6. The highest BCUT2D eigenvalue weighted by molar-refractivity contribution is 7.89. The van der Waals surface area contributed by atoms with Crippen molar-refractivity contribution in [2.45, 2.75) is 32.2 Å². The normalized spacial score (nSPS) is 11.4. The minimum atomic E-state index is -3.89. The number of carbonyl (C=O) groups excluding carboxylic acids is 1. The third-order valence-electron chi connectivity index (χ3n) is 4.62. The first-order valence-electron chi connectivity index (χ1n) is 8.70. The maximum absolute atomic E-state index is 12.5. The molecule has 3 rings (SSSR count). The number of nitrogens with two attached hydrogens (primary N) is 1. The average molecular weight is 398 g/mol. The van der Waals surface area contributed by atoms with Crippen LogP contribution in [0.1, 0.15) is 32.9 Å². The van der Waals surface area contributed by atoms with Crippen molar-refractivity contribution in [2.75, 3.05) is 0 Å². The highest BCUT2D eigenvalue weighted by Crippen LogP contribution is 2.19. The number of carbonyl (C=O) groups is 1. The molecular formula is C20H22N4O3S. The van der Waals surface area contributed by atoms with Crippen LogP contribution in [0.5, 0.6) is 0 Å². The second-order valence-electron chi connectivity index (χ2n) is 6.60. The van der Waals surface area contributed by atoms with Gasteiger partial charge in [-0.1, -0.05) is 24.3 Å².